The molecule has 0 fully saturated rings. The van der Waals surface area contributed by atoms with E-state index < -0.39 is 0 Å². The van der Waals surface area contributed by atoms with Crippen LogP contribution < -0.4 is 5.43 Å². The van der Waals surface area contributed by atoms with Crippen LogP contribution in [0.3, 0.4) is 0 Å². The van der Waals surface area contributed by atoms with Gasteiger partial charge in [0.1, 0.15) is 0 Å². The fraction of sp³-hybridized carbons (Fsp3) is 0.176. The standard InChI is InChI=1S/C17H17ClN2O/c1-12(2)13-7-9-14(10-8-13)17(21)20-19-11-15-5-3-4-6-16(15)18/h3-12H,1-2H3,(H,20,21)/b19-11+. The molecule has 1 amide bonds. The van der Waals surface area contributed by atoms with Gasteiger partial charge in [0, 0.05) is 16.1 Å². The fourth-order valence-corrected chi connectivity index (χ4v) is 2.01. The molecule has 0 saturated carbocycles. The van der Waals surface area contributed by atoms with Crippen molar-refractivity contribution in [1.82, 2.24) is 5.43 Å². The monoisotopic (exact) mass is 300 g/mol. The smallest absolute Gasteiger partial charge is 0.267 e. The molecule has 2 aromatic rings. The molecule has 0 saturated heterocycles. The summed E-state index contributed by atoms with van der Waals surface area (Å²) in [5, 5.41) is 4.52. The molecule has 0 bridgehead atoms. The summed E-state index contributed by atoms with van der Waals surface area (Å²) in [6.07, 6.45) is 1.53. The number of rotatable bonds is 4. The van der Waals surface area contributed by atoms with Gasteiger partial charge in [0.2, 0.25) is 0 Å². The third kappa shape index (κ3) is 4.17. The molecule has 0 unspecified atom stereocenters. The lowest BCUT2D eigenvalue weighted by Gasteiger charge is -2.06. The van der Waals surface area contributed by atoms with E-state index in [-0.39, 0.29) is 5.91 Å². The van der Waals surface area contributed by atoms with Crippen molar-refractivity contribution in [3.8, 4) is 0 Å². The van der Waals surface area contributed by atoms with E-state index in [1.54, 1.807) is 18.2 Å². The second-order valence-electron chi connectivity index (χ2n) is 5.00. The van der Waals surface area contributed by atoms with Gasteiger partial charge in [0.05, 0.1) is 6.21 Å². The van der Waals surface area contributed by atoms with Crippen molar-refractivity contribution in [1.29, 1.82) is 0 Å². The van der Waals surface area contributed by atoms with Gasteiger partial charge in [-0.2, -0.15) is 5.10 Å². The number of hydrogen-bond acceptors (Lipinski definition) is 2. The van der Waals surface area contributed by atoms with E-state index in [2.05, 4.69) is 24.4 Å². The minimum absolute atomic E-state index is 0.242. The second-order valence-corrected chi connectivity index (χ2v) is 5.40. The maximum atomic E-state index is 11.9. The molecular formula is C17H17ClN2O. The molecule has 21 heavy (non-hydrogen) atoms. The molecule has 2 rings (SSSR count). The number of carbonyl (C=O) groups excluding carboxylic acids is 1. The summed E-state index contributed by atoms with van der Waals surface area (Å²) in [5.74, 6) is 0.203. The third-order valence-electron chi connectivity index (χ3n) is 3.11. The largest absolute Gasteiger partial charge is 0.271 e. The van der Waals surface area contributed by atoms with Gasteiger partial charge in [-0.1, -0.05) is 55.8 Å². The van der Waals surface area contributed by atoms with Crippen LogP contribution in [-0.4, -0.2) is 12.1 Å². The Morgan fingerprint density at radius 1 is 1.14 bits per heavy atom. The Labute approximate surface area is 129 Å². The number of nitrogens with one attached hydrogen (secondary N) is 1. The van der Waals surface area contributed by atoms with Gasteiger partial charge in [0.15, 0.2) is 0 Å². The highest BCUT2D eigenvalue weighted by Gasteiger charge is 2.05. The van der Waals surface area contributed by atoms with E-state index >= 15 is 0 Å². The van der Waals surface area contributed by atoms with Crippen molar-refractivity contribution in [3.05, 3.63) is 70.2 Å². The van der Waals surface area contributed by atoms with Gasteiger partial charge in [-0.3, -0.25) is 4.79 Å². The summed E-state index contributed by atoms with van der Waals surface area (Å²) >= 11 is 6.00. The van der Waals surface area contributed by atoms with Crippen LogP contribution in [0, 0.1) is 0 Å². The molecule has 0 aromatic heterocycles. The number of amides is 1. The number of benzene rings is 2. The molecule has 0 aliphatic carbocycles. The molecule has 0 aliphatic rings. The van der Waals surface area contributed by atoms with Gasteiger partial charge < -0.3 is 0 Å². The van der Waals surface area contributed by atoms with Crippen LogP contribution in [0.15, 0.2) is 53.6 Å². The average Bonchev–Trinajstić information content (AvgIpc) is 2.49. The first-order valence-electron chi connectivity index (χ1n) is 6.76. The Hall–Kier alpha value is -2.13. The summed E-state index contributed by atoms with van der Waals surface area (Å²) < 4.78 is 0. The highest BCUT2D eigenvalue weighted by molar-refractivity contribution is 6.33. The topological polar surface area (TPSA) is 41.5 Å². The van der Waals surface area contributed by atoms with Crippen molar-refractivity contribution < 1.29 is 4.79 Å². The zero-order valence-corrected chi connectivity index (χ0v) is 12.8. The molecule has 2 aromatic carbocycles. The molecule has 108 valence electrons. The molecule has 0 radical (unpaired) electrons. The second kappa shape index (κ2) is 7.04. The quantitative estimate of drug-likeness (QED) is 0.666. The zero-order chi connectivity index (χ0) is 15.2. The first-order chi connectivity index (χ1) is 10.1. The Balaban J connectivity index is 2.00. The summed E-state index contributed by atoms with van der Waals surface area (Å²) in [4.78, 5) is 11.9. The number of halogens is 1. The third-order valence-corrected chi connectivity index (χ3v) is 3.46. The Morgan fingerprint density at radius 2 is 1.81 bits per heavy atom. The first kappa shape index (κ1) is 15.3. The van der Waals surface area contributed by atoms with Crippen LogP contribution in [0.25, 0.3) is 0 Å². The van der Waals surface area contributed by atoms with Gasteiger partial charge in [-0.05, 0) is 29.7 Å². The predicted molar refractivity (Wildman–Crippen MR) is 87.0 cm³/mol. The van der Waals surface area contributed by atoms with Crippen LogP contribution in [-0.2, 0) is 0 Å². The lowest BCUT2D eigenvalue weighted by atomic mass is 10.0. The summed E-state index contributed by atoms with van der Waals surface area (Å²) in [7, 11) is 0. The van der Waals surface area contributed by atoms with Gasteiger partial charge in [-0.15, -0.1) is 0 Å². The highest BCUT2D eigenvalue weighted by Crippen LogP contribution is 2.15. The molecule has 0 spiro atoms. The van der Waals surface area contributed by atoms with E-state index in [1.165, 1.54) is 11.8 Å². The summed E-state index contributed by atoms with van der Waals surface area (Å²) in [6, 6.07) is 14.8. The highest BCUT2D eigenvalue weighted by atomic mass is 35.5. The van der Waals surface area contributed by atoms with Gasteiger partial charge >= 0.3 is 0 Å². The Bertz CT molecular complexity index is 648. The Kier molecular flexibility index (Phi) is 5.12. The lowest BCUT2D eigenvalue weighted by Crippen LogP contribution is -2.17. The number of hydrazone groups is 1. The summed E-state index contributed by atoms with van der Waals surface area (Å²) in [6.45, 7) is 4.23. The van der Waals surface area contributed by atoms with Gasteiger partial charge in [-0.25, -0.2) is 5.43 Å². The van der Waals surface area contributed by atoms with Crippen molar-refractivity contribution in [2.45, 2.75) is 19.8 Å². The van der Waals surface area contributed by atoms with Crippen LogP contribution in [0.1, 0.15) is 41.3 Å². The van der Waals surface area contributed by atoms with Crippen molar-refractivity contribution >= 4 is 23.7 Å². The molecule has 0 heterocycles. The SMILES string of the molecule is CC(C)c1ccc(C(=O)N/N=C/c2ccccc2Cl)cc1. The molecule has 4 heteroatoms. The van der Waals surface area contributed by atoms with E-state index in [0.29, 0.717) is 16.5 Å². The fourth-order valence-electron chi connectivity index (χ4n) is 1.82. The van der Waals surface area contributed by atoms with Crippen LogP contribution in [0.2, 0.25) is 5.02 Å². The van der Waals surface area contributed by atoms with E-state index in [4.69, 9.17) is 11.6 Å². The first-order valence-corrected chi connectivity index (χ1v) is 7.13. The maximum Gasteiger partial charge on any atom is 0.271 e. The molecular weight excluding hydrogens is 284 g/mol. The molecule has 0 aliphatic heterocycles. The summed E-state index contributed by atoms with van der Waals surface area (Å²) in [5.41, 5.74) is 5.03. The molecule has 0 atom stereocenters. The number of carbonyl (C=O) groups is 1. The van der Waals surface area contributed by atoms with Crippen LogP contribution in [0.4, 0.5) is 0 Å². The van der Waals surface area contributed by atoms with Crippen molar-refractivity contribution in [2.75, 3.05) is 0 Å². The minimum atomic E-state index is -0.242. The predicted octanol–water partition coefficient (Wildman–Crippen LogP) is 4.23. The molecule has 3 nitrogen and oxygen atoms in total. The zero-order valence-electron chi connectivity index (χ0n) is 12.0. The lowest BCUT2D eigenvalue weighted by molar-refractivity contribution is 0.0955. The van der Waals surface area contributed by atoms with Gasteiger partial charge in [0.25, 0.3) is 5.91 Å². The van der Waals surface area contributed by atoms with E-state index in [1.807, 2.05) is 30.3 Å². The Morgan fingerprint density at radius 3 is 2.43 bits per heavy atom. The maximum absolute atomic E-state index is 11.9. The number of hydrogen-bond donors (Lipinski definition) is 1. The average molecular weight is 301 g/mol. The van der Waals surface area contributed by atoms with E-state index in [9.17, 15) is 4.79 Å². The normalized spacial score (nSPS) is 11.0. The van der Waals surface area contributed by atoms with E-state index in [0.717, 1.165) is 5.56 Å². The van der Waals surface area contributed by atoms with Crippen LogP contribution in [0.5, 0.6) is 0 Å². The molecule has 1 N–H and O–H groups in total. The van der Waals surface area contributed by atoms with Crippen molar-refractivity contribution in [3.63, 3.8) is 0 Å². The number of nitrogens with zero attached hydrogens (tertiary/aromatic N) is 1. The van der Waals surface area contributed by atoms with Crippen LogP contribution >= 0.6 is 11.6 Å². The van der Waals surface area contributed by atoms with Crippen molar-refractivity contribution in [2.24, 2.45) is 5.10 Å². The minimum Gasteiger partial charge on any atom is -0.267 e.